The zero-order valence-electron chi connectivity index (χ0n) is 15.8. The summed E-state index contributed by atoms with van der Waals surface area (Å²) >= 11 is 0. The molecule has 20 heavy (non-hydrogen) atoms. The van der Waals surface area contributed by atoms with E-state index in [0.29, 0.717) is 5.41 Å². The SMILES string of the molecule is CCCC(C)CCCCC(C(C)C)C(C)CC(C)(C)C. The summed E-state index contributed by atoms with van der Waals surface area (Å²) in [6.45, 7) is 19.2. The molecule has 0 aromatic carbocycles. The average molecular weight is 283 g/mol. The predicted molar refractivity (Wildman–Crippen MR) is 94.1 cm³/mol. The van der Waals surface area contributed by atoms with Crippen LogP contribution >= 0.6 is 0 Å². The first-order valence-corrected chi connectivity index (χ1v) is 9.17. The van der Waals surface area contributed by atoms with E-state index in [1.807, 2.05) is 0 Å². The Balaban J connectivity index is 4.09. The summed E-state index contributed by atoms with van der Waals surface area (Å²) in [5, 5.41) is 0. The Bertz CT molecular complexity index is 221. The van der Waals surface area contributed by atoms with Gasteiger partial charge in [-0.2, -0.15) is 0 Å². The molecule has 0 spiro atoms. The molecule has 0 bridgehead atoms. The fourth-order valence-corrected chi connectivity index (χ4v) is 3.90. The summed E-state index contributed by atoms with van der Waals surface area (Å²) in [6, 6.07) is 0. The Morgan fingerprint density at radius 3 is 1.80 bits per heavy atom. The Kier molecular flexibility index (Phi) is 9.85. The molecule has 0 rings (SSSR count). The van der Waals surface area contributed by atoms with Gasteiger partial charge in [-0.1, -0.05) is 87.5 Å². The van der Waals surface area contributed by atoms with Crippen molar-refractivity contribution in [1.29, 1.82) is 0 Å². The van der Waals surface area contributed by atoms with E-state index in [2.05, 4.69) is 55.4 Å². The maximum Gasteiger partial charge on any atom is -0.0365 e. The van der Waals surface area contributed by atoms with Crippen molar-refractivity contribution in [3.8, 4) is 0 Å². The molecule has 0 heteroatoms. The fraction of sp³-hybridized carbons (Fsp3) is 1.00. The molecule has 0 aliphatic carbocycles. The maximum atomic E-state index is 2.48. The molecule has 0 N–H and O–H groups in total. The Morgan fingerprint density at radius 1 is 0.800 bits per heavy atom. The van der Waals surface area contributed by atoms with Crippen LogP contribution in [0.5, 0.6) is 0 Å². The molecular formula is C20H42. The van der Waals surface area contributed by atoms with Crippen molar-refractivity contribution in [1.82, 2.24) is 0 Å². The van der Waals surface area contributed by atoms with Crippen LogP contribution in [0.25, 0.3) is 0 Å². The van der Waals surface area contributed by atoms with Crippen LogP contribution in [-0.4, -0.2) is 0 Å². The van der Waals surface area contributed by atoms with Gasteiger partial charge in [0, 0.05) is 0 Å². The monoisotopic (exact) mass is 282 g/mol. The first kappa shape index (κ1) is 20.0. The minimum absolute atomic E-state index is 0.474. The van der Waals surface area contributed by atoms with Gasteiger partial charge in [0.05, 0.1) is 0 Å². The first-order valence-electron chi connectivity index (χ1n) is 9.17. The van der Waals surface area contributed by atoms with Gasteiger partial charge in [-0.25, -0.2) is 0 Å². The molecule has 0 aliphatic rings. The van der Waals surface area contributed by atoms with Crippen molar-refractivity contribution in [3.05, 3.63) is 0 Å². The van der Waals surface area contributed by atoms with E-state index in [-0.39, 0.29) is 0 Å². The normalized spacial score (nSPS) is 17.2. The van der Waals surface area contributed by atoms with Gasteiger partial charge in [-0.05, 0) is 41.9 Å². The standard InChI is InChI=1S/C20H42/c1-9-12-17(4)13-10-11-14-19(16(2)3)18(5)15-20(6,7)8/h16-19H,9-15H2,1-8H3. The van der Waals surface area contributed by atoms with Crippen LogP contribution in [0.2, 0.25) is 0 Å². The van der Waals surface area contributed by atoms with Crippen LogP contribution in [-0.2, 0) is 0 Å². The first-order chi connectivity index (χ1) is 9.17. The third kappa shape index (κ3) is 9.83. The molecule has 0 aromatic rings. The Hall–Kier alpha value is 0. The zero-order chi connectivity index (χ0) is 15.8. The van der Waals surface area contributed by atoms with E-state index in [1.54, 1.807) is 0 Å². The quantitative estimate of drug-likeness (QED) is 0.368. The van der Waals surface area contributed by atoms with Crippen molar-refractivity contribution in [2.45, 2.75) is 100 Å². The van der Waals surface area contributed by atoms with Gasteiger partial charge < -0.3 is 0 Å². The van der Waals surface area contributed by atoms with Crippen LogP contribution in [0, 0.1) is 29.1 Å². The Labute approximate surface area is 130 Å². The number of unbranched alkanes of at least 4 members (excludes halogenated alkanes) is 1. The summed E-state index contributed by atoms with van der Waals surface area (Å²) in [6.07, 6.45) is 9.87. The van der Waals surface area contributed by atoms with Crippen molar-refractivity contribution in [2.75, 3.05) is 0 Å². The van der Waals surface area contributed by atoms with E-state index in [1.165, 1.54) is 44.9 Å². The molecular weight excluding hydrogens is 240 g/mol. The van der Waals surface area contributed by atoms with Gasteiger partial charge in [0.15, 0.2) is 0 Å². The zero-order valence-corrected chi connectivity index (χ0v) is 15.8. The molecule has 0 heterocycles. The van der Waals surface area contributed by atoms with Gasteiger partial charge in [0.2, 0.25) is 0 Å². The molecule has 0 nitrogen and oxygen atoms in total. The number of hydrogen-bond acceptors (Lipinski definition) is 0. The van der Waals surface area contributed by atoms with Gasteiger partial charge >= 0.3 is 0 Å². The summed E-state index contributed by atoms with van der Waals surface area (Å²) in [5.74, 6) is 3.55. The topological polar surface area (TPSA) is 0 Å². The smallest absolute Gasteiger partial charge is 0.0365 e. The summed E-state index contributed by atoms with van der Waals surface area (Å²) in [5.41, 5.74) is 0.474. The van der Waals surface area contributed by atoms with Crippen molar-refractivity contribution in [3.63, 3.8) is 0 Å². The average Bonchev–Trinajstić information content (AvgIpc) is 2.25. The lowest BCUT2D eigenvalue weighted by Crippen LogP contribution is -2.22. The highest BCUT2D eigenvalue weighted by Gasteiger charge is 2.24. The second kappa shape index (κ2) is 9.85. The molecule has 0 radical (unpaired) electrons. The molecule has 0 amide bonds. The van der Waals surface area contributed by atoms with Crippen LogP contribution in [0.15, 0.2) is 0 Å². The Morgan fingerprint density at radius 2 is 1.35 bits per heavy atom. The van der Waals surface area contributed by atoms with Gasteiger partial charge in [0.1, 0.15) is 0 Å². The van der Waals surface area contributed by atoms with Crippen molar-refractivity contribution in [2.24, 2.45) is 29.1 Å². The second-order valence-electron chi connectivity index (χ2n) is 8.83. The van der Waals surface area contributed by atoms with E-state index < -0.39 is 0 Å². The highest BCUT2D eigenvalue weighted by atomic mass is 14.3. The molecule has 0 saturated carbocycles. The van der Waals surface area contributed by atoms with E-state index in [0.717, 1.165) is 23.7 Å². The summed E-state index contributed by atoms with van der Waals surface area (Å²) in [4.78, 5) is 0. The van der Waals surface area contributed by atoms with Crippen LogP contribution in [0.4, 0.5) is 0 Å². The molecule has 0 aliphatic heterocycles. The molecule has 3 unspecified atom stereocenters. The predicted octanol–water partition coefficient (Wildman–Crippen LogP) is 7.33. The molecule has 3 atom stereocenters. The third-order valence-electron chi connectivity index (χ3n) is 4.79. The van der Waals surface area contributed by atoms with Crippen LogP contribution < -0.4 is 0 Å². The van der Waals surface area contributed by atoms with Crippen molar-refractivity contribution >= 4 is 0 Å². The summed E-state index contributed by atoms with van der Waals surface area (Å²) in [7, 11) is 0. The maximum absolute atomic E-state index is 2.48. The largest absolute Gasteiger partial charge is 0.0654 e. The molecule has 0 aromatic heterocycles. The number of rotatable bonds is 10. The highest BCUT2D eigenvalue weighted by Crippen LogP contribution is 2.35. The molecule has 0 saturated heterocycles. The lowest BCUT2D eigenvalue weighted by Gasteiger charge is -2.32. The van der Waals surface area contributed by atoms with Crippen LogP contribution in [0.1, 0.15) is 100 Å². The minimum atomic E-state index is 0.474. The van der Waals surface area contributed by atoms with Gasteiger partial charge in [0.25, 0.3) is 0 Å². The third-order valence-corrected chi connectivity index (χ3v) is 4.79. The van der Waals surface area contributed by atoms with E-state index in [4.69, 9.17) is 0 Å². The van der Waals surface area contributed by atoms with E-state index >= 15 is 0 Å². The van der Waals surface area contributed by atoms with Crippen LogP contribution in [0.3, 0.4) is 0 Å². The molecule has 122 valence electrons. The number of hydrogen-bond donors (Lipinski definition) is 0. The summed E-state index contributed by atoms with van der Waals surface area (Å²) < 4.78 is 0. The van der Waals surface area contributed by atoms with Gasteiger partial charge in [-0.15, -0.1) is 0 Å². The van der Waals surface area contributed by atoms with Gasteiger partial charge in [-0.3, -0.25) is 0 Å². The second-order valence-corrected chi connectivity index (χ2v) is 8.83. The fourth-order valence-electron chi connectivity index (χ4n) is 3.90. The minimum Gasteiger partial charge on any atom is -0.0654 e. The highest BCUT2D eigenvalue weighted by molar-refractivity contribution is 4.75. The molecule has 0 fully saturated rings. The van der Waals surface area contributed by atoms with Crippen molar-refractivity contribution < 1.29 is 0 Å². The lowest BCUT2D eigenvalue weighted by atomic mass is 9.73. The lowest BCUT2D eigenvalue weighted by molar-refractivity contribution is 0.182. The van der Waals surface area contributed by atoms with E-state index in [9.17, 15) is 0 Å².